The van der Waals surface area contributed by atoms with Crippen molar-refractivity contribution in [3.63, 3.8) is 0 Å². The first kappa shape index (κ1) is 18.2. The molecule has 0 radical (unpaired) electrons. The molecule has 0 saturated carbocycles. The van der Waals surface area contributed by atoms with Crippen molar-refractivity contribution in [3.05, 3.63) is 69.6 Å². The van der Waals surface area contributed by atoms with Crippen molar-refractivity contribution in [1.82, 2.24) is 4.90 Å². The Balaban J connectivity index is 1.68. The Kier molecular flexibility index (Phi) is 5.44. The van der Waals surface area contributed by atoms with Crippen LogP contribution in [0.25, 0.3) is 6.08 Å². The van der Waals surface area contributed by atoms with E-state index in [-0.39, 0.29) is 6.54 Å². The number of thioether (sulfide) groups is 1. The van der Waals surface area contributed by atoms with Gasteiger partial charge >= 0.3 is 0 Å². The molecule has 2 aromatic carbocycles. The van der Waals surface area contributed by atoms with Gasteiger partial charge in [-0.1, -0.05) is 48.0 Å². The lowest BCUT2D eigenvalue weighted by Crippen LogP contribution is -2.36. The van der Waals surface area contributed by atoms with Crippen molar-refractivity contribution >= 4 is 52.2 Å². The third kappa shape index (κ3) is 4.15. The van der Waals surface area contributed by atoms with Crippen LogP contribution in [0, 0.1) is 6.92 Å². The average Bonchev–Trinajstić information content (AvgIpc) is 2.86. The van der Waals surface area contributed by atoms with Crippen LogP contribution in [0.2, 0.25) is 5.02 Å². The second-order valence-corrected chi connectivity index (χ2v) is 7.09. The lowest BCUT2D eigenvalue weighted by Gasteiger charge is -2.13. The number of carbonyl (C=O) groups excluding carboxylic acids is 3. The van der Waals surface area contributed by atoms with E-state index in [1.54, 1.807) is 24.3 Å². The number of amides is 3. The molecule has 1 aliphatic heterocycles. The molecule has 5 nitrogen and oxygen atoms in total. The molecule has 1 aliphatic rings. The third-order valence-corrected chi connectivity index (χ3v) is 5.04. The fourth-order valence-corrected chi connectivity index (χ4v) is 3.37. The topological polar surface area (TPSA) is 66.5 Å². The van der Waals surface area contributed by atoms with Gasteiger partial charge in [-0.3, -0.25) is 19.3 Å². The molecule has 26 heavy (non-hydrogen) atoms. The van der Waals surface area contributed by atoms with Gasteiger partial charge in [-0.2, -0.15) is 0 Å². The van der Waals surface area contributed by atoms with Gasteiger partial charge in [0.2, 0.25) is 5.91 Å². The number of benzene rings is 2. The molecule has 132 valence electrons. The lowest BCUT2D eigenvalue weighted by atomic mass is 10.2. The van der Waals surface area contributed by atoms with E-state index in [0.717, 1.165) is 27.8 Å². The van der Waals surface area contributed by atoms with Crippen molar-refractivity contribution in [3.8, 4) is 0 Å². The third-order valence-electron chi connectivity index (χ3n) is 3.73. The Morgan fingerprint density at radius 2 is 1.92 bits per heavy atom. The molecule has 0 aliphatic carbocycles. The zero-order valence-corrected chi connectivity index (χ0v) is 15.4. The van der Waals surface area contributed by atoms with Gasteiger partial charge in [0, 0.05) is 10.7 Å². The van der Waals surface area contributed by atoms with Crippen LogP contribution >= 0.6 is 23.4 Å². The number of aryl methyl sites for hydroxylation is 1. The summed E-state index contributed by atoms with van der Waals surface area (Å²) in [5, 5.41) is 2.71. The fourth-order valence-electron chi connectivity index (χ4n) is 2.35. The molecular formula is C19H15ClN2O3S. The van der Waals surface area contributed by atoms with Crippen LogP contribution in [0.3, 0.4) is 0 Å². The van der Waals surface area contributed by atoms with Gasteiger partial charge in [-0.25, -0.2) is 0 Å². The minimum absolute atomic E-state index is 0.299. The van der Waals surface area contributed by atoms with Gasteiger partial charge in [-0.15, -0.1) is 0 Å². The average molecular weight is 387 g/mol. The molecule has 7 heteroatoms. The SMILES string of the molecule is Cc1ccc(NC(=O)CN2C(=O)S/C(=C/c3ccccc3)C2=O)cc1Cl. The van der Waals surface area contributed by atoms with Gasteiger partial charge in [0.05, 0.1) is 4.91 Å². The van der Waals surface area contributed by atoms with E-state index < -0.39 is 17.1 Å². The van der Waals surface area contributed by atoms with Gasteiger partial charge in [0.25, 0.3) is 11.1 Å². The molecule has 0 spiro atoms. The van der Waals surface area contributed by atoms with Crippen LogP contribution in [0.5, 0.6) is 0 Å². The number of anilines is 1. The molecule has 1 saturated heterocycles. The monoisotopic (exact) mass is 386 g/mol. The van der Waals surface area contributed by atoms with Crippen LogP contribution in [0.15, 0.2) is 53.4 Å². The Morgan fingerprint density at radius 3 is 2.62 bits per heavy atom. The molecule has 3 rings (SSSR count). The molecule has 1 fully saturated rings. The molecule has 0 aromatic heterocycles. The van der Waals surface area contributed by atoms with Gasteiger partial charge < -0.3 is 5.32 Å². The number of halogens is 1. The standard InChI is InChI=1S/C19H15ClN2O3S/c1-12-7-8-14(10-15(12)20)21-17(23)11-22-18(24)16(26-19(22)25)9-13-5-3-2-4-6-13/h2-10H,11H2,1H3,(H,21,23)/b16-9+. The number of carbonyl (C=O) groups is 3. The number of hydrogen-bond donors (Lipinski definition) is 1. The minimum Gasteiger partial charge on any atom is -0.324 e. The highest BCUT2D eigenvalue weighted by atomic mass is 35.5. The fraction of sp³-hybridized carbons (Fsp3) is 0.105. The summed E-state index contributed by atoms with van der Waals surface area (Å²) in [6.45, 7) is 1.51. The van der Waals surface area contributed by atoms with E-state index in [0.29, 0.717) is 15.6 Å². The summed E-state index contributed by atoms with van der Waals surface area (Å²) in [5.74, 6) is -0.936. The van der Waals surface area contributed by atoms with E-state index in [2.05, 4.69) is 5.32 Å². The smallest absolute Gasteiger partial charge is 0.294 e. The Morgan fingerprint density at radius 1 is 1.19 bits per heavy atom. The van der Waals surface area contributed by atoms with Crippen molar-refractivity contribution in [1.29, 1.82) is 0 Å². The summed E-state index contributed by atoms with van der Waals surface area (Å²) >= 11 is 6.86. The molecular weight excluding hydrogens is 372 g/mol. The van der Waals surface area contributed by atoms with Crippen molar-refractivity contribution < 1.29 is 14.4 Å². The summed E-state index contributed by atoms with van der Waals surface area (Å²) in [6, 6.07) is 14.3. The maximum Gasteiger partial charge on any atom is 0.294 e. The summed E-state index contributed by atoms with van der Waals surface area (Å²) < 4.78 is 0. The zero-order valence-electron chi connectivity index (χ0n) is 13.9. The van der Waals surface area contributed by atoms with E-state index in [1.165, 1.54) is 0 Å². The van der Waals surface area contributed by atoms with E-state index >= 15 is 0 Å². The highest BCUT2D eigenvalue weighted by Crippen LogP contribution is 2.32. The highest BCUT2D eigenvalue weighted by Gasteiger charge is 2.36. The molecule has 0 atom stereocenters. The molecule has 1 heterocycles. The van der Waals surface area contributed by atoms with Crippen LogP contribution in [0.4, 0.5) is 10.5 Å². The zero-order chi connectivity index (χ0) is 18.7. The second-order valence-electron chi connectivity index (χ2n) is 5.69. The number of rotatable bonds is 4. The van der Waals surface area contributed by atoms with E-state index in [9.17, 15) is 14.4 Å². The van der Waals surface area contributed by atoms with Crippen LogP contribution in [-0.4, -0.2) is 28.5 Å². The first-order chi connectivity index (χ1) is 12.4. The Labute approximate surface area is 160 Å². The van der Waals surface area contributed by atoms with Crippen LogP contribution < -0.4 is 5.32 Å². The number of nitrogens with one attached hydrogen (secondary N) is 1. The number of imide groups is 1. The van der Waals surface area contributed by atoms with Gasteiger partial charge in [-0.05, 0) is 48.0 Å². The first-order valence-corrected chi connectivity index (χ1v) is 9.00. The Bertz CT molecular complexity index is 912. The summed E-state index contributed by atoms with van der Waals surface area (Å²) in [7, 11) is 0. The number of hydrogen-bond acceptors (Lipinski definition) is 4. The van der Waals surface area contributed by atoms with Crippen molar-refractivity contribution in [2.45, 2.75) is 6.92 Å². The second kappa shape index (κ2) is 7.76. The Hall–Kier alpha value is -2.57. The molecule has 1 N–H and O–H groups in total. The largest absolute Gasteiger partial charge is 0.324 e. The number of nitrogens with zero attached hydrogens (tertiary/aromatic N) is 1. The van der Waals surface area contributed by atoms with Crippen molar-refractivity contribution in [2.24, 2.45) is 0 Å². The van der Waals surface area contributed by atoms with Gasteiger partial charge in [0.1, 0.15) is 6.54 Å². The molecule has 3 amide bonds. The maximum atomic E-state index is 12.4. The predicted molar refractivity (Wildman–Crippen MR) is 104 cm³/mol. The summed E-state index contributed by atoms with van der Waals surface area (Å²) in [6.07, 6.45) is 1.64. The van der Waals surface area contributed by atoms with E-state index in [1.807, 2.05) is 37.3 Å². The van der Waals surface area contributed by atoms with Crippen molar-refractivity contribution in [2.75, 3.05) is 11.9 Å². The molecule has 2 aromatic rings. The summed E-state index contributed by atoms with van der Waals surface area (Å²) in [4.78, 5) is 37.9. The normalized spacial score (nSPS) is 15.6. The highest BCUT2D eigenvalue weighted by molar-refractivity contribution is 8.18. The molecule has 0 unspecified atom stereocenters. The van der Waals surface area contributed by atoms with E-state index in [4.69, 9.17) is 11.6 Å². The first-order valence-electron chi connectivity index (χ1n) is 7.80. The molecule has 0 bridgehead atoms. The maximum absolute atomic E-state index is 12.4. The van der Waals surface area contributed by atoms with Gasteiger partial charge in [0.15, 0.2) is 0 Å². The quantitative estimate of drug-likeness (QED) is 0.794. The summed E-state index contributed by atoms with van der Waals surface area (Å²) in [5.41, 5.74) is 2.22. The van der Waals surface area contributed by atoms with Crippen LogP contribution in [-0.2, 0) is 9.59 Å². The van der Waals surface area contributed by atoms with Crippen LogP contribution in [0.1, 0.15) is 11.1 Å². The minimum atomic E-state index is -0.471. The predicted octanol–water partition coefficient (Wildman–Crippen LogP) is 4.32. The lowest BCUT2D eigenvalue weighted by molar-refractivity contribution is -0.127.